The van der Waals surface area contributed by atoms with Crippen LogP contribution in [0.2, 0.25) is 0 Å². The predicted molar refractivity (Wildman–Crippen MR) is 69.0 cm³/mol. The van der Waals surface area contributed by atoms with Crippen LogP contribution in [0.25, 0.3) is 0 Å². The Morgan fingerprint density at radius 2 is 2.33 bits per heavy atom. The molecule has 18 heavy (non-hydrogen) atoms. The molecule has 1 N–H and O–H groups in total. The molecule has 2 heterocycles. The van der Waals surface area contributed by atoms with Crippen molar-refractivity contribution in [1.29, 1.82) is 0 Å². The Labute approximate surface area is 106 Å². The maximum absolute atomic E-state index is 11.1. The number of nitrogens with one attached hydrogen (secondary N) is 1. The van der Waals surface area contributed by atoms with E-state index in [4.69, 9.17) is 0 Å². The molecule has 1 aliphatic heterocycles. The number of nitrogens with zero attached hydrogens (tertiary/aromatic N) is 4. The van der Waals surface area contributed by atoms with Gasteiger partial charge in [0, 0.05) is 32.6 Å². The van der Waals surface area contributed by atoms with Crippen LogP contribution in [0.3, 0.4) is 0 Å². The fourth-order valence-corrected chi connectivity index (χ4v) is 2.54. The SMILES string of the molecule is CCn1c(C)nc([N+](=O)[O-])c1N1CCC(NC)C1. The Kier molecular flexibility index (Phi) is 3.51. The summed E-state index contributed by atoms with van der Waals surface area (Å²) in [5.74, 6) is 1.33. The van der Waals surface area contributed by atoms with Crippen molar-refractivity contribution in [3.05, 3.63) is 15.9 Å². The minimum atomic E-state index is -0.388. The fraction of sp³-hybridized carbons (Fsp3) is 0.727. The number of anilines is 1. The Balaban J connectivity index is 2.39. The Hall–Kier alpha value is -1.63. The van der Waals surface area contributed by atoms with Gasteiger partial charge in [-0.3, -0.25) is 4.57 Å². The van der Waals surface area contributed by atoms with Crippen molar-refractivity contribution in [2.45, 2.75) is 32.9 Å². The van der Waals surface area contributed by atoms with Crippen molar-refractivity contribution in [2.75, 3.05) is 25.0 Å². The van der Waals surface area contributed by atoms with E-state index in [2.05, 4.69) is 15.2 Å². The molecule has 0 bridgehead atoms. The molecule has 1 fully saturated rings. The number of hydrogen-bond acceptors (Lipinski definition) is 5. The smallest absolute Gasteiger partial charge is 0.358 e. The van der Waals surface area contributed by atoms with E-state index in [1.165, 1.54) is 0 Å². The first kappa shape index (κ1) is 12.8. The molecule has 1 aromatic rings. The van der Waals surface area contributed by atoms with E-state index in [9.17, 15) is 10.1 Å². The second kappa shape index (κ2) is 4.93. The first-order chi connectivity index (χ1) is 8.58. The molecule has 0 radical (unpaired) electrons. The van der Waals surface area contributed by atoms with Gasteiger partial charge in [0.1, 0.15) is 0 Å². The van der Waals surface area contributed by atoms with Crippen molar-refractivity contribution in [3.8, 4) is 0 Å². The molecule has 1 aliphatic rings. The number of hydrogen-bond donors (Lipinski definition) is 1. The highest BCUT2D eigenvalue weighted by atomic mass is 16.6. The van der Waals surface area contributed by atoms with Gasteiger partial charge in [0.2, 0.25) is 11.6 Å². The highest BCUT2D eigenvalue weighted by Gasteiger charge is 2.33. The van der Waals surface area contributed by atoms with Crippen molar-refractivity contribution in [1.82, 2.24) is 14.9 Å². The van der Waals surface area contributed by atoms with Crippen LogP contribution >= 0.6 is 0 Å². The summed E-state index contributed by atoms with van der Waals surface area (Å²) in [6.45, 7) is 6.11. The van der Waals surface area contributed by atoms with Crippen LogP contribution in [-0.2, 0) is 6.54 Å². The van der Waals surface area contributed by atoms with E-state index >= 15 is 0 Å². The van der Waals surface area contributed by atoms with Crippen LogP contribution in [0.4, 0.5) is 11.6 Å². The van der Waals surface area contributed by atoms with Gasteiger partial charge in [0.25, 0.3) is 0 Å². The standard InChI is InChI=1S/C11H19N5O2/c1-4-15-8(2)13-10(16(17)18)11(15)14-6-5-9(7-14)12-3/h9,12H,4-7H2,1-3H3. The molecule has 0 amide bonds. The first-order valence-electron chi connectivity index (χ1n) is 6.22. The van der Waals surface area contributed by atoms with Crippen LogP contribution in [-0.4, -0.2) is 40.7 Å². The van der Waals surface area contributed by atoms with Gasteiger partial charge in [-0.05, 0) is 30.3 Å². The van der Waals surface area contributed by atoms with E-state index in [0.717, 1.165) is 19.5 Å². The van der Waals surface area contributed by atoms with Gasteiger partial charge in [-0.15, -0.1) is 0 Å². The molecule has 7 heteroatoms. The molecule has 1 aromatic heterocycles. The molecule has 0 spiro atoms. The van der Waals surface area contributed by atoms with Crippen LogP contribution in [0.1, 0.15) is 19.2 Å². The zero-order valence-corrected chi connectivity index (χ0v) is 11.0. The zero-order chi connectivity index (χ0) is 13.3. The Morgan fingerprint density at radius 1 is 1.61 bits per heavy atom. The highest BCUT2D eigenvalue weighted by Crippen LogP contribution is 2.31. The maximum atomic E-state index is 11.1. The van der Waals surface area contributed by atoms with Crippen LogP contribution in [0.5, 0.6) is 0 Å². The van der Waals surface area contributed by atoms with Crippen molar-refractivity contribution in [2.24, 2.45) is 0 Å². The monoisotopic (exact) mass is 253 g/mol. The minimum Gasteiger partial charge on any atom is -0.358 e. The fourth-order valence-electron chi connectivity index (χ4n) is 2.54. The molecular formula is C11H19N5O2. The average Bonchev–Trinajstić information content (AvgIpc) is 2.92. The number of likely N-dealkylation sites (N-methyl/N-ethyl adjacent to an activating group) is 1. The van der Waals surface area contributed by atoms with Gasteiger partial charge < -0.3 is 20.3 Å². The van der Waals surface area contributed by atoms with Crippen LogP contribution in [0, 0.1) is 17.0 Å². The third-order valence-electron chi connectivity index (χ3n) is 3.50. The van der Waals surface area contributed by atoms with Gasteiger partial charge in [-0.1, -0.05) is 0 Å². The lowest BCUT2D eigenvalue weighted by atomic mass is 10.3. The van der Waals surface area contributed by atoms with Crippen LogP contribution in [0.15, 0.2) is 0 Å². The summed E-state index contributed by atoms with van der Waals surface area (Å²) in [4.78, 5) is 16.8. The summed E-state index contributed by atoms with van der Waals surface area (Å²) >= 11 is 0. The van der Waals surface area contributed by atoms with Gasteiger partial charge in [0.05, 0.1) is 0 Å². The molecular weight excluding hydrogens is 234 g/mol. The lowest BCUT2D eigenvalue weighted by Gasteiger charge is -2.18. The molecule has 100 valence electrons. The second-order valence-electron chi connectivity index (χ2n) is 4.53. The Bertz CT molecular complexity index is 457. The molecule has 2 rings (SSSR count). The summed E-state index contributed by atoms with van der Waals surface area (Å²) in [6.07, 6.45) is 1.00. The normalized spacial score (nSPS) is 19.5. The van der Waals surface area contributed by atoms with E-state index in [1.807, 2.05) is 25.5 Å². The largest absolute Gasteiger partial charge is 0.406 e. The lowest BCUT2D eigenvalue weighted by Crippen LogP contribution is -2.30. The van der Waals surface area contributed by atoms with Crippen molar-refractivity contribution >= 4 is 11.6 Å². The molecule has 1 atom stereocenters. The van der Waals surface area contributed by atoms with Gasteiger partial charge >= 0.3 is 5.82 Å². The molecule has 0 saturated carbocycles. The van der Waals surface area contributed by atoms with E-state index < -0.39 is 0 Å². The summed E-state index contributed by atoms with van der Waals surface area (Å²) in [5.41, 5.74) is 0. The summed E-state index contributed by atoms with van der Waals surface area (Å²) in [5, 5.41) is 14.3. The number of aromatic nitrogens is 2. The van der Waals surface area contributed by atoms with Crippen molar-refractivity contribution < 1.29 is 4.92 Å². The highest BCUT2D eigenvalue weighted by molar-refractivity contribution is 5.57. The van der Waals surface area contributed by atoms with Gasteiger partial charge in [-0.25, -0.2) is 0 Å². The summed E-state index contributed by atoms with van der Waals surface area (Å²) in [7, 11) is 1.92. The number of imidazole rings is 1. The number of rotatable bonds is 4. The third kappa shape index (κ3) is 2.05. The maximum Gasteiger partial charge on any atom is 0.406 e. The Morgan fingerprint density at radius 3 is 2.83 bits per heavy atom. The molecule has 1 unspecified atom stereocenters. The topological polar surface area (TPSA) is 76.2 Å². The second-order valence-corrected chi connectivity index (χ2v) is 4.53. The molecule has 1 saturated heterocycles. The summed E-state index contributed by atoms with van der Waals surface area (Å²) < 4.78 is 1.91. The lowest BCUT2D eigenvalue weighted by molar-refractivity contribution is -0.388. The third-order valence-corrected chi connectivity index (χ3v) is 3.50. The number of nitro groups is 1. The first-order valence-corrected chi connectivity index (χ1v) is 6.22. The predicted octanol–water partition coefficient (Wildman–Crippen LogP) is 0.918. The quantitative estimate of drug-likeness (QED) is 0.637. The van der Waals surface area contributed by atoms with E-state index in [-0.39, 0.29) is 10.7 Å². The van der Waals surface area contributed by atoms with Gasteiger partial charge in [-0.2, -0.15) is 0 Å². The van der Waals surface area contributed by atoms with Gasteiger partial charge in [0.15, 0.2) is 0 Å². The van der Waals surface area contributed by atoms with E-state index in [1.54, 1.807) is 0 Å². The van der Waals surface area contributed by atoms with Crippen molar-refractivity contribution in [3.63, 3.8) is 0 Å². The zero-order valence-electron chi connectivity index (χ0n) is 11.0. The average molecular weight is 253 g/mol. The molecule has 7 nitrogen and oxygen atoms in total. The summed E-state index contributed by atoms with van der Waals surface area (Å²) in [6, 6.07) is 0.394. The minimum absolute atomic E-state index is 0.0221. The molecule has 0 aliphatic carbocycles. The number of aryl methyl sites for hydroxylation is 1. The molecule has 0 aromatic carbocycles. The van der Waals surface area contributed by atoms with Crippen LogP contribution < -0.4 is 10.2 Å². The van der Waals surface area contributed by atoms with E-state index in [0.29, 0.717) is 24.2 Å².